The fourth-order valence-corrected chi connectivity index (χ4v) is 2.04. The van der Waals surface area contributed by atoms with E-state index in [4.69, 9.17) is 5.73 Å². The highest BCUT2D eigenvalue weighted by atomic mass is 15.2. The van der Waals surface area contributed by atoms with Crippen molar-refractivity contribution >= 4 is 5.82 Å². The number of aromatic nitrogens is 2. The van der Waals surface area contributed by atoms with E-state index in [9.17, 15) is 0 Å². The van der Waals surface area contributed by atoms with Crippen molar-refractivity contribution in [3.8, 4) is 0 Å². The third kappa shape index (κ3) is 1.57. The molecule has 0 aromatic carbocycles. The zero-order valence-corrected chi connectivity index (χ0v) is 8.48. The average molecular weight is 192 g/mol. The summed E-state index contributed by atoms with van der Waals surface area (Å²) >= 11 is 0. The van der Waals surface area contributed by atoms with Gasteiger partial charge in [-0.05, 0) is 19.8 Å². The zero-order valence-electron chi connectivity index (χ0n) is 8.48. The molecule has 2 rings (SSSR count). The highest BCUT2D eigenvalue weighted by Gasteiger charge is 2.25. The van der Waals surface area contributed by atoms with Gasteiger partial charge in [-0.2, -0.15) is 0 Å². The highest BCUT2D eigenvalue weighted by molar-refractivity contribution is 5.44. The zero-order chi connectivity index (χ0) is 9.97. The number of hydrogen-bond acceptors (Lipinski definition) is 4. The van der Waals surface area contributed by atoms with Crippen molar-refractivity contribution in [3.63, 3.8) is 0 Å². The summed E-state index contributed by atoms with van der Waals surface area (Å²) in [6, 6.07) is 0.449. The van der Waals surface area contributed by atoms with Gasteiger partial charge < -0.3 is 10.6 Å². The molecule has 1 fully saturated rings. The summed E-state index contributed by atoms with van der Waals surface area (Å²) in [4.78, 5) is 10.9. The Morgan fingerprint density at radius 1 is 1.50 bits per heavy atom. The molecule has 0 spiro atoms. The second-order valence-electron chi connectivity index (χ2n) is 3.69. The molecular weight excluding hydrogens is 176 g/mol. The van der Waals surface area contributed by atoms with Crippen LogP contribution in [0.5, 0.6) is 0 Å². The van der Waals surface area contributed by atoms with Gasteiger partial charge in [0.2, 0.25) is 0 Å². The van der Waals surface area contributed by atoms with Crippen LogP contribution in [0.25, 0.3) is 0 Å². The first-order valence-corrected chi connectivity index (χ1v) is 5.07. The molecule has 4 heteroatoms. The fraction of sp³-hybridized carbons (Fsp3) is 0.600. The summed E-state index contributed by atoms with van der Waals surface area (Å²) in [7, 11) is 0. The van der Waals surface area contributed by atoms with E-state index < -0.39 is 0 Å². The summed E-state index contributed by atoms with van der Waals surface area (Å²) in [5.74, 6) is 1.00. The molecule has 2 heterocycles. The number of nitrogens with zero attached hydrogens (tertiary/aromatic N) is 3. The van der Waals surface area contributed by atoms with Gasteiger partial charge in [0.25, 0.3) is 0 Å². The maximum absolute atomic E-state index is 5.72. The molecule has 2 N–H and O–H groups in total. The first-order valence-electron chi connectivity index (χ1n) is 5.07. The van der Waals surface area contributed by atoms with Crippen LogP contribution in [-0.2, 0) is 0 Å². The molecule has 1 atom stereocenters. The standard InChI is InChI=1S/C10H16N4/c1-8-10(13-5-4-12-8)14-6-2-3-9(14)7-11/h4-5,9H,2-3,6-7,11H2,1H3/t9-/m0/s1. The van der Waals surface area contributed by atoms with E-state index in [1.54, 1.807) is 12.4 Å². The molecule has 0 saturated carbocycles. The molecule has 1 saturated heterocycles. The summed E-state index contributed by atoms with van der Waals surface area (Å²) in [6.45, 7) is 3.76. The molecule has 1 aliphatic rings. The van der Waals surface area contributed by atoms with Gasteiger partial charge in [-0.1, -0.05) is 0 Å². The van der Waals surface area contributed by atoms with Crippen LogP contribution >= 0.6 is 0 Å². The molecule has 0 unspecified atom stereocenters. The molecule has 0 bridgehead atoms. The maximum atomic E-state index is 5.72. The van der Waals surface area contributed by atoms with Crippen molar-refractivity contribution < 1.29 is 0 Å². The minimum atomic E-state index is 0.449. The number of rotatable bonds is 2. The highest BCUT2D eigenvalue weighted by Crippen LogP contribution is 2.24. The fourth-order valence-electron chi connectivity index (χ4n) is 2.04. The van der Waals surface area contributed by atoms with Crippen LogP contribution in [0.1, 0.15) is 18.5 Å². The molecule has 14 heavy (non-hydrogen) atoms. The Morgan fingerprint density at radius 2 is 2.29 bits per heavy atom. The van der Waals surface area contributed by atoms with Gasteiger partial charge in [0.1, 0.15) is 5.82 Å². The lowest BCUT2D eigenvalue weighted by molar-refractivity contribution is 0.668. The van der Waals surface area contributed by atoms with Crippen molar-refractivity contribution in [1.82, 2.24) is 9.97 Å². The third-order valence-electron chi connectivity index (χ3n) is 2.78. The van der Waals surface area contributed by atoms with Crippen LogP contribution in [0.2, 0.25) is 0 Å². The molecule has 4 nitrogen and oxygen atoms in total. The second-order valence-corrected chi connectivity index (χ2v) is 3.69. The minimum Gasteiger partial charge on any atom is -0.351 e. The quantitative estimate of drug-likeness (QED) is 0.750. The van der Waals surface area contributed by atoms with E-state index in [0.717, 1.165) is 18.1 Å². The van der Waals surface area contributed by atoms with Crippen molar-refractivity contribution in [3.05, 3.63) is 18.1 Å². The van der Waals surface area contributed by atoms with E-state index >= 15 is 0 Å². The Kier molecular flexibility index (Phi) is 2.63. The van der Waals surface area contributed by atoms with Gasteiger partial charge in [-0.25, -0.2) is 4.98 Å². The Bertz CT molecular complexity index is 313. The largest absolute Gasteiger partial charge is 0.351 e. The van der Waals surface area contributed by atoms with Crippen LogP contribution in [-0.4, -0.2) is 29.1 Å². The van der Waals surface area contributed by atoms with Gasteiger partial charge in [0.05, 0.1) is 5.69 Å². The number of hydrogen-bond donors (Lipinski definition) is 1. The number of aryl methyl sites for hydroxylation is 1. The van der Waals surface area contributed by atoms with Gasteiger partial charge in [0, 0.05) is 31.5 Å². The normalized spacial score (nSPS) is 21.6. The predicted molar refractivity (Wildman–Crippen MR) is 56.2 cm³/mol. The van der Waals surface area contributed by atoms with Crippen molar-refractivity contribution in [2.45, 2.75) is 25.8 Å². The number of anilines is 1. The first kappa shape index (κ1) is 9.40. The minimum absolute atomic E-state index is 0.449. The summed E-state index contributed by atoms with van der Waals surface area (Å²) in [5, 5.41) is 0. The second kappa shape index (κ2) is 3.92. The smallest absolute Gasteiger partial charge is 0.150 e. The molecule has 0 amide bonds. The van der Waals surface area contributed by atoms with Gasteiger partial charge in [-0.15, -0.1) is 0 Å². The summed E-state index contributed by atoms with van der Waals surface area (Å²) in [5.41, 5.74) is 6.72. The van der Waals surface area contributed by atoms with Gasteiger partial charge in [0.15, 0.2) is 0 Å². The summed E-state index contributed by atoms with van der Waals surface area (Å²) < 4.78 is 0. The van der Waals surface area contributed by atoms with Crippen molar-refractivity contribution in [2.75, 3.05) is 18.0 Å². The Morgan fingerprint density at radius 3 is 3.00 bits per heavy atom. The molecule has 0 aliphatic carbocycles. The predicted octanol–water partition coefficient (Wildman–Crippen LogP) is 0.713. The van der Waals surface area contributed by atoms with Crippen LogP contribution in [0, 0.1) is 6.92 Å². The van der Waals surface area contributed by atoms with E-state index in [2.05, 4.69) is 14.9 Å². The Balaban J connectivity index is 2.26. The molecule has 1 aromatic heterocycles. The topological polar surface area (TPSA) is 55.0 Å². The lowest BCUT2D eigenvalue weighted by atomic mass is 10.2. The Labute approximate surface area is 84.2 Å². The maximum Gasteiger partial charge on any atom is 0.150 e. The Hall–Kier alpha value is -1.16. The van der Waals surface area contributed by atoms with Crippen LogP contribution in [0.3, 0.4) is 0 Å². The van der Waals surface area contributed by atoms with Gasteiger partial charge >= 0.3 is 0 Å². The molecule has 1 aromatic rings. The summed E-state index contributed by atoms with van der Waals surface area (Å²) in [6.07, 6.45) is 5.85. The van der Waals surface area contributed by atoms with Crippen LogP contribution in [0.4, 0.5) is 5.82 Å². The molecular formula is C10H16N4. The van der Waals surface area contributed by atoms with Crippen molar-refractivity contribution in [1.29, 1.82) is 0 Å². The van der Waals surface area contributed by atoms with E-state index in [1.165, 1.54) is 12.8 Å². The molecule has 76 valence electrons. The van der Waals surface area contributed by atoms with Gasteiger partial charge in [-0.3, -0.25) is 4.98 Å². The molecule has 0 radical (unpaired) electrons. The van der Waals surface area contributed by atoms with E-state index in [0.29, 0.717) is 12.6 Å². The lowest BCUT2D eigenvalue weighted by Crippen LogP contribution is -2.36. The van der Waals surface area contributed by atoms with Crippen LogP contribution in [0.15, 0.2) is 12.4 Å². The van der Waals surface area contributed by atoms with Crippen molar-refractivity contribution in [2.24, 2.45) is 5.73 Å². The number of nitrogens with two attached hydrogens (primary N) is 1. The van der Waals surface area contributed by atoms with Crippen LogP contribution < -0.4 is 10.6 Å². The monoisotopic (exact) mass is 192 g/mol. The van der Waals surface area contributed by atoms with E-state index in [-0.39, 0.29) is 0 Å². The SMILES string of the molecule is Cc1nccnc1N1CCC[C@H]1CN. The lowest BCUT2D eigenvalue weighted by Gasteiger charge is -2.25. The molecule has 1 aliphatic heterocycles. The average Bonchev–Trinajstić information content (AvgIpc) is 2.66. The first-order chi connectivity index (χ1) is 6.83. The van der Waals surface area contributed by atoms with E-state index in [1.807, 2.05) is 6.92 Å². The third-order valence-corrected chi connectivity index (χ3v) is 2.78.